The summed E-state index contributed by atoms with van der Waals surface area (Å²) in [5.41, 5.74) is 1.67. The Kier molecular flexibility index (Phi) is 3.10. The van der Waals surface area contributed by atoms with Gasteiger partial charge in [-0.2, -0.15) is 5.10 Å². The fourth-order valence-corrected chi connectivity index (χ4v) is 1.84. The maximum absolute atomic E-state index is 11.2. The molecule has 90 valence electrons. The second-order valence-corrected chi connectivity index (χ2v) is 3.83. The van der Waals surface area contributed by atoms with Crippen molar-refractivity contribution >= 4 is 16.9 Å². The summed E-state index contributed by atoms with van der Waals surface area (Å²) in [6.07, 6.45) is -1.01. The fraction of sp³-hybridized carbons (Fsp3) is 0.333. The first-order valence-electron chi connectivity index (χ1n) is 5.30. The molecule has 0 radical (unpaired) electrons. The Bertz CT molecular complexity index is 548. The van der Waals surface area contributed by atoms with Crippen molar-refractivity contribution in [2.45, 2.75) is 12.5 Å². The van der Waals surface area contributed by atoms with Crippen LogP contribution in [0.2, 0.25) is 0 Å². The van der Waals surface area contributed by atoms with E-state index in [9.17, 15) is 9.90 Å². The number of aliphatic hydroxyl groups excluding tert-OH is 1. The van der Waals surface area contributed by atoms with Crippen molar-refractivity contribution in [2.75, 3.05) is 7.11 Å². The number of rotatable bonds is 3. The number of hydrogen-bond donors (Lipinski definition) is 1. The van der Waals surface area contributed by atoms with E-state index in [-0.39, 0.29) is 6.42 Å². The first-order chi connectivity index (χ1) is 8.13. The average molecular weight is 234 g/mol. The summed E-state index contributed by atoms with van der Waals surface area (Å²) < 4.78 is 6.21. The summed E-state index contributed by atoms with van der Waals surface area (Å²) in [6, 6.07) is 7.68. The monoisotopic (exact) mass is 234 g/mol. The number of ether oxygens (including phenoxy) is 1. The van der Waals surface area contributed by atoms with Crippen LogP contribution in [0, 0.1) is 0 Å². The summed E-state index contributed by atoms with van der Waals surface area (Å²) in [5, 5.41) is 14.9. The van der Waals surface area contributed by atoms with Crippen LogP contribution in [-0.2, 0) is 23.0 Å². The molecular weight excluding hydrogens is 220 g/mol. The van der Waals surface area contributed by atoms with Gasteiger partial charge in [0.15, 0.2) is 6.10 Å². The highest BCUT2D eigenvalue weighted by Crippen LogP contribution is 2.18. The standard InChI is InChI=1S/C12H14N2O3/c1-14-10-6-4-3-5-8(10)9(13-14)7-11(15)12(16)17-2/h3-6,11,15H,7H2,1-2H3. The molecule has 5 nitrogen and oxygen atoms in total. The number of fused-ring (bicyclic) bond motifs is 1. The zero-order chi connectivity index (χ0) is 12.4. The van der Waals surface area contributed by atoms with Gasteiger partial charge in [0.05, 0.1) is 18.3 Å². The molecule has 1 N–H and O–H groups in total. The number of aliphatic hydroxyl groups is 1. The van der Waals surface area contributed by atoms with Gasteiger partial charge in [0, 0.05) is 18.9 Å². The molecule has 0 aliphatic rings. The highest BCUT2D eigenvalue weighted by molar-refractivity contribution is 5.83. The lowest BCUT2D eigenvalue weighted by atomic mass is 10.1. The predicted octanol–water partition coefficient (Wildman–Crippen LogP) is 0.650. The van der Waals surface area contributed by atoms with E-state index < -0.39 is 12.1 Å². The Morgan fingerprint density at radius 1 is 1.53 bits per heavy atom. The van der Waals surface area contributed by atoms with Gasteiger partial charge >= 0.3 is 5.97 Å². The number of para-hydroxylation sites is 1. The highest BCUT2D eigenvalue weighted by atomic mass is 16.5. The Hall–Kier alpha value is -1.88. The zero-order valence-electron chi connectivity index (χ0n) is 9.75. The van der Waals surface area contributed by atoms with Crippen LogP contribution >= 0.6 is 0 Å². The van der Waals surface area contributed by atoms with Crippen molar-refractivity contribution in [3.05, 3.63) is 30.0 Å². The van der Waals surface area contributed by atoms with E-state index in [1.54, 1.807) is 4.68 Å². The molecule has 0 aliphatic heterocycles. The summed E-state index contributed by atoms with van der Waals surface area (Å²) in [5.74, 6) is -0.639. The van der Waals surface area contributed by atoms with Gasteiger partial charge in [-0.15, -0.1) is 0 Å². The van der Waals surface area contributed by atoms with E-state index in [4.69, 9.17) is 0 Å². The SMILES string of the molecule is COC(=O)C(O)Cc1nn(C)c2ccccc12. The van der Waals surface area contributed by atoms with Gasteiger partial charge in [-0.1, -0.05) is 18.2 Å². The number of aryl methyl sites for hydroxylation is 1. The minimum absolute atomic E-state index is 0.161. The summed E-state index contributed by atoms with van der Waals surface area (Å²) in [7, 11) is 3.08. The summed E-state index contributed by atoms with van der Waals surface area (Å²) in [4.78, 5) is 11.2. The minimum atomic E-state index is -1.17. The van der Waals surface area contributed by atoms with Crippen LogP contribution in [0.25, 0.3) is 10.9 Å². The third kappa shape index (κ3) is 2.14. The molecule has 1 unspecified atom stereocenters. The molecule has 0 saturated carbocycles. The molecule has 1 atom stereocenters. The predicted molar refractivity (Wildman–Crippen MR) is 62.4 cm³/mol. The Balaban J connectivity index is 2.33. The zero-order valence-corrected chi connectivity index (χ0v) is 9.75. The molecule has 5 heteroatoms. The van der Waals surface area contributed by atoms with Crippen molar-refractivity contribution in [3.63, 3.8) is 0 Å². The molecule has 0 fully saturated rings. The van der Waals surface area contributed by atoms with Gasteiger partial charge < -0.3 is 9.84 Å². The lowest BCUT2D eigenvalue weighted by molar-refractivity contribution is -0.150. The van der Waals surface area contributed by atoms with Crippen molar-refractivity contribution in [3.8, 4) is 0 Å². The Morgan fingerprint density at radius 3 is 2.94 bits per heavy atom. The normalized spacial score (nSPS) is 12.6. The topological polar surface area (TPSA) is 64.3 Å². The number of benzene rings is 1. The Morgan fingerprint density at radius 2 is 2.24 bits per heavy atom. The van der Waals surface area contributed by atoms with Gasteiger partial charge in [-0.3, -0.25) is 4.68 Å². The van der Waals surface area contributed by atoms with E-state index in [1.807, 2.05) is 31.3 Å². The number of nitrogens with zero attached hydrogens (tertiary/aromatic N) is 2. The molecule has 1 aromatic carbocycles. The number of hydrogen-bond acceptors (Lipinski definition) is 4. The van der Waals surface area contributed by atoms with Gasteiger partial charge in [0.2, 0.25) is 0 Å². The molecule has 2 aromatic rings. The fourth-order valence-electron chi connectivity index (χ4n) is 1.84. The molecule has 0 amide bonds. The van der Waals surface area contributed by atoms with E-state index in [0.29, 0.717) is 5.69 Å². The Labute approximate surface area is 98.6 Å². The number of esters is 1. The molecule has 0 saturated heterocycles. The van der Waals surface area contributed by atoms with Crippen LogP contribution < -0.4 is 0 Å². The quantitative estimate of drug-likeness (QED) is 0.792. The van der Waals surface area contributed by atoms with E-state index in [2.05, 4.69) is 9.84 Å². The van der Waals surface area contributed by atoms with Crippen molar-refractivity contribution < 1.29 is 14.6 Å². The molecule has 1 heterocycles. The molecule has 17 heavy (non-hydrogen) atoms. The maximum atomic E-state index is 11.2. The van der Waals surface area contributed by atoms with E-state index in [1.165, 1.54) is 7.11 Å². The molecule has 0 spiro atoms. The van der Waals surface area contributed by atoms with E-state index >= 15 is 0 Å². The van der Waals surface area contributed by atoms with E-state index in [0.717, 1.165) is 10.9 Å². The van der Waals surface area contributed by atoms with Crippen LogP contribution in [0.15, 0.2) is 24.3 Å². The van der Waals surface area contributed by atoms with Crippen LogP contribution in [0.4, 0.5) is 0 Å². The van der Waals surface area contributed by atoms with Gasteiger partial charge in [-0.05, 0) is 6.07 Å². The number of carbonyl (C=O) groups excluding carboxylic acids is 1. The second kappa shape index (κ2) is 4.55. The first kappa shape index (κ1) is 11.6. The number of carbonyl (C=O) groups is 1. The lowest BCUT2D eigenvalue weighted by Gasteiger charge is -2.05. The van der Waals surface area contributed by atoms with Crippen LogP contribution in [0.5, 0.6) is 0 Å². The maximum Gasteiger partial charge on any atom is 0.335 e. The van der Waals surface area contributed by atoms with Gasteiger partial charge in [-0.25, -0.2) is 4.79 Å². The van der Waals surface area contributed by atoms with Crippen molar-refractivity contribution in [1.29, 1.82) is 0 Å². The molecule has 0 aliphatic carbocycles. The lowest BCUT2D eigenvalue weighted by Crippen LogP contribution is -2.24. The third-order valence-electron chi connectivity index (χ3n) is 2.69. The molecule has 0 bridgehead atoms. The average Bonchev–Trinajstić information content (AvgIpc) is 2.66. The number of methoxy groups -OCH3 is 1. The van der Waals surface area contributed by atoms with Crippen LogP contribution in [0.3, 0.4) is 0 Å². The van der Waals surface area contributed by atoms with Gasteiger partial charge in [0.1, 0.15) is 0 Å². The minimum Gasteiger partial charge on any atom is -0.467 e. The smallest absolute Gasteiger partial charge is 0.335 e. The molecule has 1 aromatic heterocycles. The molecular formula is C12H14N2O3. The van der Waals surface area contributed by atoms with Crippen molar-refractivity contribution in [2.24, 2.45) is 7.05 Å². The summed E-state index contributed by atoms with van der Waals surface area (Å²) >= 11 is 0. The van der Waals surface area contributed by atoms with Crippen LogP contribution in [-0.4, -0.2) is 34.1 Å². The van der Waals surface area contributed by atoms with Gasteiger partial charge in [0.25, 0.3) is 0 Å². The van der Waals surface area contributed by atoms with Crippen LogP contribution in [0.1, 0.15) is 5.69 Å². The summed E-state index contributed by atoms with van der Waals surface area (Å²) in [6.45, 7) is 0. The highest BCUT2D eigenvalue weighted by Gasteiger charge is 2.19. The second-order valence-electron chi connectivity index (χ2n) is 3.83. The molecule has 2 rings (SSSR count). The third-order valence-corrected chi connectivity index (χ3v) is 2.69. The van der Waals surface area contributed by atoms with Crippen molar-refractivity contribution in [1.82, 2.24) is 9.78 Å². The number of aromatic nitrogens is 2. The first-order valence-corrected chi connectivity index (χ1v) is 5.30. The largest absolute Gasteiger partial charge is 0.467 e.